The van der Waals surface area contributed by atoms with Crippen LogP contribution in [-0.2, 0) is 0 Å². The van der Waals surface area contributed by atoms with Gasteiger partial charge in [-0.2, -0.15) is 0 Å². The second-order valence-corrected chi connectivity index (χ2v) is 4.08. The molecule has 1 heterocycles. The summed E-state index contributed by atoms with van der Waals surface area (Å²) < 4.78 is 5.09. The van der Waals surface area contributed by atoms with Gasteiger partial charge >= 0.3 is 0 Å². The number of fused-ring (bicyclic) bond motifs is 2. The van der Waals surface area contributed by atoms with Gasteiger partial charge in [-0.1, -0.05) is 0 Å². The number of pyridine rings is 1. The van der Waals surface area contributed by atoms with Crippen molar-refractivity contribution in [2.24, 2.45) is 0 Å². The SMILES string of the molecule is COc1cc(O)c2cc3cc(O)ccc3nc2c1. The molecule has 0 aliphatic heterocycles. The smallest absolute Gasteiger partial charge is 0.128 e. The van der Waals surface area contributed by atoms with Crippen LogP contribution in [0.5, 0.6) is 17.2 Å². The molecule has 3 aromatic rings. The molecule has 0 aliphatic carbocycles. The fourth-order valence-corrected chi connectivity index (χ4v) is 2.00. The molecule has 0 radical (unpaired) electrons. The van der Waals surface area contributed by atoms with Crippen LogP contribution in [0, 0.1) is 0 Å². The van der Waals surface area contributed by atoms with Gasteiger partial charge in [0, 0.05) is 22.9 Å². The quantitative estimate of drug-likeness (QED) is 0.643. The average Bonchev–Trinajstić information content (AvgIpc) is 2.37. The highest BCUT2D eigenvalue weighted by Gasteiger charge is 2.07. The molecule has 0 fully saturated rings. The lowest BCUT2D eigenvalue weighted by molar-refractivity contribution is 0.409. The van der Waals surface area contributed by atoms with Crippen LogP contribution in [0.15, 0.2) is 36.4 Å². The Bertz CT molecular complexity index is 753. The fourth-order valence-electron chi connectivity index (χ4n) is 2.00. The third-order valence-electron chi connectivity index (χ3n) is 2.90. The van der Waals surface area contributed by atoms with E-state index in [1.807, 2.05) is 0 Å². The van der Waals surface area contributed by atoms with E-state index < -0.39 is 0 Å². The Labute approximate surface area is 103 Å². The number of hydrogen-bond donors (Lipinski definition) is 2. The minimum atomic E-state index is 0.113. The lowest BCUT2D eigenvalue weighted by atomic mass is 10.1. The largest absolute Gasteiger partial charge is 0.508 e. The monoisotopic (exact) mass is 241 g/mol. The number of benzene rings is 2. The molecule has 0 bridgehead atoms. The van der Waals surface area contributed by atoms with Crippen molar-refractivity contribution in [1.82, 2.24) is 4.98 Å². The normalized spacial score (nSPS) is 10.9. The van der Waals surface area contributed by atoms with Gasteiger partial charge in [-0.25, -0.2) is 4.98 Å². The summed E-state index contributed by atoms with van der Waals surface area (Å²) in [5.41, 5.74) is 1.41. The Kier molecular flexibility index (Phi) is 2.23. The topological polar surface area (TPSA) is 62.6 Å². The van der Waals surface area contributed by atoms with E-state index >= 15 is 0 Å². The van der Waals surface area contributed by atoms with Gasteiger partial charge in [0.05, 0.1) is 18.1 Å². The van der Waals surface area contributed by atoms with E-state index in [4.69, 9.17) is 4.74 Å². The van der Waals surface area contributed by atoms with Gasteiger partial charge in [0.15, 0.2) is 0 Å². The van der Waals surface area contributed by atoms with E-state index in [-0.39, 0.29) is 11.5 Å². The summed E-state index contributed by atoms with van der Waals surface area (Å²) in [6.07, 6.45) is 0. The molecule has 90 valence electrons. The van der Waals surface area contributed by atoms with Gasteiger partial charge < -0.3 is 14.9 Å². The molecular weight excluding hydrogens is 230 g/mol. The molecule has 0 spiro atoms. The number of nitrogens with zero attached hydrogens (tertiary/aromatic N) is 1. The van der Waals surface area contributed by atoms with Gasteiger partial charge in [-0.05, 0) is 24.3 Å². The molecule has 2 N–H and O–H groups in total. The van der Waals surface area contributed by atoms with Gasteiger partial charge in [-0.3, -0.25) is 0 Å². The molecule has 4 nitrogen and oxygen atoms in total. The summed E-state index contributed by atoms with van der Waals surface area (Å²) in [6.45, 7) is 0. The zero-order chi connectivity index (χ0) is 12.7. The molecule has 0 aliphatic rings. The second kappa shape index (κ2) is 3.77. The molecule has 0 unspecified atom stereocenters. The van der Waals surface area contributed by atoms with Crippen molar-refractivity contribution in [3.05, 3.63) is 36.4 Å². The predicted molar refractivity (Wildman–Crippen MR) is 69.1 cm³/mol. The van der Waals surface area contributed by atoms with Crippen LogP contribution in [0.2, 0.25) is 0 Å². The van der Waals surface area contributed by atoms with Crippen LogP contribution in [0.1, 0.15) is 0 Å². The van der Waals surface area contributed by atoms with Crippen molar-refractivity contribution in [3.63, 3.8) is 0 Å². The van der Waals surface area contributed by atoms with E-state index in [0.717, 1.165) is 10.9 Å². The molecule has 0 saturated heterocycles. The summed E-state index contributed by atoms with van der Waals surface area (Å²) in [7, 11) is 1.54. The first-order chi connectivity index (χ1) is 8.67. The van der Waals surface area contributed by atoms with E-state index in [0.29, 0.717) is 16.7 Å². The van der Waals surface area contributed by atoms with Crippen molar-refractivity contribution >= 4 is 21.8 Å². The molecule has 0 amide bonds. The summed E-state index contributed by atoms with van der Waals surface area (Å²) in [5.74, 6) is 0.851. The first-order valence-corrected chi connectivity index (χ1v) is 5.48. The third-order valence-corrected chi connectivity index (χ3v) is 2.90. The summed E-state index contributed by atoms with van der Waals surface area (Å²) in [6, 6.07) is 10.0. The lowest BCUT2D eigenvalue weighted by Crippen LogP contribution is -1.87. The molecule has 0 atom stereocenters. The molecule has 4 heteroatoms. The number of methoxy groups -OCH3 is 1. The maximum Gasteiger partial charge on any atom is 0.128 e. The number of ether oxygens (including phenoxy) is 1. The van der Waals surface area contributed by atoms with Crippen LogP contribution in [0.3, 0.4) is 0 Å². The Hall–Kier alpha value is -2.49. The highest BCUT2D eigenvalue weighted by molar-refractivity contribution is 5.96. The predicted octanol–water partition coefficient (Wildman–Crippen LogP) is 2.81. The first-order valence-electron chi connectivity index (χ1n) is 5.48. The van der Waals surface area contributed by atoms with Crippen molar-refractivity contribution in [2.45, 2.75) is 0 Å². The highest BCUT2D eigenvalue weighted by atomic mass is 16.5. The van der Waals surface area contributed by atoms with Crippen molar-refractivity contribution in [3.8, 4) is 17.2 Å². The van der Waals surface area contributed by atoms with E-state index in [1.54, 1.807) is 43.5 Å². The molecule has 2 aromatic carbocycles. The third kappa shape index (κ3) is 1.59. The Morgan fingerprint density at radius 2 is 1.83 bits per heavy atom. The summed E-state index contributed by atoms with van der Waals surface area (Å²) in [5, 5.41) is 20.8. The molecule has 18 heavy (non-hydrogen) atoms. The number of phenolic OH excluding ortho intramolecular Hbond substituents is 2. The molecule has 3 rings (SSSR count). The van der Waals surface area contributed by atoms with Crippen LogP contribution in [-0.4, -0.2) is 22.3 Å². The molecule has 0 saturated carbocycles. The van der Waals surface area contributed by atoms with Crippen LogP contribution in [0.4, 0.5) is 0 Å². The first kappa shape index (κ1) is 10.7. The highest BCUT2D eigenvalue weighted by Crippen LogP contribution is 2.32. The average molecular weight is 241 g/mol. The summed E-state index contributed by atoms with van der Waals surface area (Å²) >= 11 is 0. The van der Waals surface area contributed by atoms with E-state index in [9.17, 15) is 10.2 Å². The Morgan fingerprint density at radius 3 is 2.61 bits per heavy atom. The summed E-state index contributed by atoms with van der Waals surface area (Å²) in [4.78, 5) is 4.44. The maximum atomic E-state index is 9.93. The minimum Gasteiger partial charge on any atom is -0.508 e. The van der Waals surface area contributed by atoms with E-state index in [1.165, 1.54) is 0 Å². The number of aromatic hydroxyl groups is 2. The van der Waals surface area contributed by atoms with Gasteiger partial charge in [-0.15, -0.1) is 0 Å². The molecular formula is C14H11NO3. The maximum absolute atomic E-state index is 9.93. The van der Waals surface area contributed by atoms with E-state index in [2.05, 4.69) is 4.98 Å². The standard InChI is InChI=1S/C14H11NO3/c1-18-10-6-13-11(14(17)7-10)5-8-4-9(16)2-3-12(8)15-13/h2-7,16-17H,1H3. The van der Waals surface area contributed by atoms with Crippen molar-refractivity contribution < 1.29 is 14.9 Å². The zero-order valence-corrected chi connectivity index (χ0v) is 9.71. The lowest BCUT2D eigenvalue weighted by Gasteiger charge is -2.06. The number of phenols is 2. The van der Waals surface area contributed by atoms with Gasteiger partial charge in [0.1, 0.15) is 17.2 Å². The number of hydrogen-bond acceptors (Lipinski definition) is 4. The Morgan fingerprint density at radius 1 is 1.00 bits per heavy atom. The van der Waals surface area contributed by atoms with Gasteiger partial charge in [0.25, 0.3) is 0 Å². The number of aromatic nitrogens is 1. The van der Waals surface area contributed by atoms with Gasteiger partial charge in [0.2, 0.25) is 0 Å². The van der Waals surface area contributed by atoms with Crippen molar-refractivity contribution in [2.75, 3.05) is 7.11 Å². The number of rotatable bonds is 1. The van der Waals surface area contributed by atoms with Crippen LogP contribution < -0.4 is 4.74 Å². The van der Waals surface area contributed by atoms with Crippen molar-refractivity contribution in [1.29, 1.82) is 0 Å². The fraction of sp³-hybridized carbons (Fsp3) is 0.0714. The minimum absolute atomic E-state index is 0.113. The Balaban J connectivity index is 2.41. The van der Waals surface area contributed by atoms with Crippen LogP contribution in [0.25, 0.3) is 21.8 Å². The second-order valence-electron chi connectivity index (χ2n) is 4.08. The molecule has 1 aromatic heterocycles. The van der Waals surface area contributed by atoms with Crippen LogP contribution >= 0.6 is 0 Å². The zero-order valence-electron chi connectivity index (χ0n) is 9.71.